The Morgan fingerprint density at radius 1 is 1.07 bits per heavy atom. The van der Waals surface area contributed by atoms with Gasteiger partial charge in [-0.05, 0) is 41.5 Å². The van der Waals surface area contributed by atoms with E-state index >= 15 is 0 Å². The quantitative estimate of drug-likeness (QED) is 0.391. The number of amides is 1. The Morgan fingerprint density at radius 2 is 1.78 bits per heavy atom. The van der Waals surface area contributed by atoms with E-state index in [0.29, 0.717) is 11.3 Å². The van der Waals surface area contributed by atoms with Crippen molar-refractivity contribution in [3.8, 4) is 17.2 Å². The maximum atomic E-state index is 12.2. The van der Waals surface area contributed by atoms with Crippen LogP contribution in [0.1, 0.15) is 11.1 Å². The van der Waals surface area contributed by atoms with Gasteiger partial charge in [-0.2, -0.15) is 0 Å². The van der Waals surface area contributed by atoms with Crippen molar-refractivity contribution in [3.05, 3.63) is 59.7 Å². The van der Waals surface area contributed by atoms with Crippen molar-refractivity contribution in [1.82, 2.24) is 5.32 Å². The van der Waals surface area contributed by atoms with E-state index in [1.165, 1.54) is 25.3 Å². The summed E-state index contributed by atoms with van der Waals surface area (Å²) in [7, 11) is 2.79. The van der Waals surface area contributed by atoms with Gasteiger partial charge in [0.05, 0.1) is 14.2 Å². The van der Waals surface area contributed by atoms with Crippen molar-refractivity contribution >= 4 is 18.0 Å². The van der Waals surface area contributed by atoms with E-state index in [0.717, 1.165) is 5.56 Å². The van der Waals surface area contributed by atoms with Gasteiger partial charge >= 0.3 is 5.97 Å². The highest BCUT2D eigenvalue weighted by Crippen LogP contribution is 2.25. The average molecular weight is 371 g/mol. The summed E-state index contributed by atoms with van der Waals surface area (Å²) in [6, 6.07) is 10.4. The minimum Gasteiger partial charge on any atom is -0.504 e. The third-order valence-electron chi connectivity index (χ3n) is 3.82. The van der Waals surface area contributed by atoms with Gasteiger partial charge in [0.2, 0.25) is 5.91 Å². The van der Waals surface area contributed by atoms with Crippen molar-refractivity contribution in [2.45, 2.75) is 12.5 Å². The summed E-state index contributed by atoms with van der Waals surface area (Å²) in [5.74, 6) is -0.945. The zero-order valence-electron chi connectivity index (χ0n) is 15.0. The molecule has 0 aliphatic heterocycles. The van der Waals surface area contributed by atoms with E-state index in [1.54, 1.807) is 43.5 Å². The summed E-state index contributed by atoms with van der Waals surface area (Å²) in [5.41, 5.74) is 1.35. The van der Waals surface area contributed by atoms with Crippen molar-refractivity contribution < 1.29 is 29.3 Å². The number of carbonyl (C=O) groups excluding carboxylic acids is 2. The van der Waals surface area contributed by atoms with Gasteiger partial charge in [0, 0.05) is 12.5 Å². The topological polar surface area (TPSA) is 105 Å². The van der Waals surface area contributed by atoms with E-state index in [-0.39, 0.29) is 17.9 Å². The van der Waals surface area contributed by atoms with E-state index in [4.69, 9.17) is 9.47 Å². The normalized spacial score (nSPS) is 11.8. The Morgan fingerprint density at radius 3 is 2.37 bits per heavy atom. The predicted octanol–water partition coefficient (Wildman–Crippen LogP) is 2.02. The van der Waals surface area contributed by atoms with Gasteiger partial charge in [-0.1, -0.05) is 18.2 Å². The van der Waals surface area contributed by atoms with Gasteiger partial charge in [-0.3, -0.25) is 4.79 Å². The number of methoxy groups -OCH3 is 2. The molecule has 0 bridgehead atoms. The van der Waals surface area contributed by atoms with E-state index in [2.05, 4.69) is 5.32 Å². The third kappa shape index (κ3) is 5.78. The maximum absolute atomic E-state index is 12.2. The van der Waals surface area contributed by atoms with Crippen LogP contribution in [-0.2, 0) is 20.7 Å². The number of carbonyl (C=O) groups is 2. The number of benzene rings is 2. The highest BCUT2D eigenvalue weighted by atomic mass is 16.5. The van der Waals surface area contributed by atoms with Gasteiger partial charge in [0.25, 0.3) is 0 Å². The first-order chi connectivity index (χ1) is 12.9. The summed E-state index contributed by atoms with van der Waals surface area (Å²) in [6.45, 7) is 0. The number of nitrogens with one attached hydrogen (secondary N) is 1. The second-order valence-corrected chi connectivity index (χ2v) is 5.72. The van der Waals surface area contributed by atoms with Crippen molar-refractivity contribution in [2.24, 2.45) is 0 Å². The number of ether oxygens (including phenoxy) is 2. The Labute approximate surface area is 156 Å². The van der Waals surface area contributed by atoms with Crippen LogP contribution >= 0.6 is 0 Å². The largest absolute Gasteiger partial charge is 0.504 e. The minimum absolute atomic E-state index is 0.0998. The number of aromatic hydroxyl groups is 2. The zero-order chi connectivity index (χ0) is 19.8. The number of phenolic OH excluding ortho intramolecular Hbond substituents is 2. The number of phenols is 2. The fourth-order valence-corrected chi connectivity index (χ4v) is 2.37. The Balaban J connectivity index is 2.05. The highest BCUT2D eigenvalue weighted by molar-refractivity contribution is 5.94. The molecule has 0 saturated heterocycles. The molecule has 0 spiro atoms. The van der Waals surface area contributed by atoms with Crippen LogP contribution in [0.4, 0.5) is 0 Å². The predicted molar refractivity (Wildman–Crippen MR) is 99.5 cm³/mol. The van der Waals surface area contributed by atoms with Crippen LogP contribution in [0.2, 0.25) is 0 Å². The first-order valence-electron chi connectivity index (χ1n) is 8.14. The molecule has 142 valence electrons. The number of hydrogen-bond acceptors (Lipinski definition) is 6. The first kappa shape index (κ1) is 19.8. The molecule has 2 aromatic carbocycles. The summed E-state index contributed by atoms with van der Waals surface area (Å²) in [4.78, 5) is 24.1. The molecule has 1 atom stereocenters. The monoisotopic (exact) mass is 371 g/mol. The molecule has 0 fully saturated rings. The first-order valence-corrected chi connectivity index (χ1v) is 8.14. The Hall–Kier alpha value is -3.48. The van der Waals surface area contributed by atoms with Crippen LogP contribution in [0.5, 0.6) is 17.2 Å². The fourth-order valence-electron chi connectivity index (χ4n) is 2.37. The molecule has 0 radical (unpaired) electrons. The lowest BCUT2D eigenvalue weighted by atomic mass is 10.1. The molecular weight excluding hydrogens is 350 g/mol. The molecule has 3 N–H and O–H groups in total. The third-order valence-corrected chi connectivity index (χ3v) is 3.82. The molecule has 0 aliphatic rings. The molecule has 1 unspecified atom stereocenters. The van der Waals surface area contributed by atoms with E-state index in [1.807, 2.05) is 0 Å². The van der Waals surface area contributed by atoms with Crippen LogP contribution in [0.3, 0.4) is 0 Å². The molecule has 2 aromatic rings. The van der Waals surface area contributed by atoms with Crippen LogP contribution in [0.25, 0.3) is 6.08 Å². The Bertz CT molecular complexity index is 829. The lowest BCUT2D eigenvalue weighted by molar-refractivity contribution is -0.144. The second-order valence-electron chi connectivity index (χ2n) is 5.72. The smallest absolute Gasteiger partial charge is 0.328 e. The lowest BCUT2D eigenvalue weighted by Crippen LogP contribution is -2.42. The van der Waals surface area contributed by atoms with Crippen LogP contribution < -0.4 is 10.1 Å². The molecule has 7 nitrogen and oxygen atoms in total. The number of rotatable bonds is 7. The molecule has 1 amide bonds. The summed E-state index contributed by atoms with van der Waals surface area (Å²) >= 11 is 0. The molecule has 7 heteroatoms. The lowest BCUT2D eigenvalue weighted by Gasteiger charge is -2.16. The SMILES string of the molecule is COC(=O)C(Cc1ccc(O)c(O)c1)NC(=O)C=Cc1ccc(OC)cc1. The van der Waals surface area contributed by atoms with Crippen molar-refractivity contribution in [3.63, 3.8) is 0 Å². The average Bonchev–Trinajstić information content (AvgIpc) is 2.68. The van der Waals surface area contributed by atoms with Gasteiger partial charge < -0.3 is 25.0 Å². The van der Waals surface area contributed by atoms with E-state index < -0.39 is 17.9 Å². The Kier molecular flexibility index (Phi) is 6.82. The fraction of sp³-hybridized carbons (Fsp3) is 0.200. The van der Waals surface area contributed by atoms with Gasteiger partial charge in [-0.15, -0.1) is 0 Å². The molecule has 0 aliphatic carbocycles. The molecule has 2 rings (SSSR count). The summed E-state index contributed by atoms with van der Waals surface area (Å²) in [5, 5.41) is 21.5. The van der Waals surface area contributed by atoms with Gasteiger partial charge in [0.15, 0.2) is 11.5 Å². The molecule has 0 heterocycles. The van der Waals surface area contributed by atoms with E-state index in [9.17, 15) is 19.8 Å². The van der Waals surface area contributed by atoms with Crippen molar-refractivity contribution in [1.29, 1.82) is 0 Å². The minimum atomic E-state index is -0.938. The summed E-state index contributed by atoms with van der Waals surface area (Å²) in [6.07, 6.45) is 3.02. The molecule has 0 saturated carbocycles. The second kappa shape index (κ2) is 9.28. The number of hydrogen-bond donors (Lipinski definition) is 3. The van der Waals surface area contributed by atoms with Crippen LogP contribution in [0.15, 0.2) is 48.5 Å². The number of esters is 1. The molecule has 0 aromatic heterocycles. The van der Waals surface area contributed by atoms with Gasteiger partial charge in [0.1, 0.15) is 11.8 Å². The molecular formula is C20H21NO6. The highest BCUT2D eigenvalue weighted by Gasteiger charge is 2.21. The summed E-state index contributed by atoms with van der Waals surface area (Å²) < 4.78 is 9.79. The van der Waals surface area contributed by atoms with Crippen LogP contribution in [-0.4, -0.2) is 42.4 Å². The van der Waals surface area contributed by atoms with Crippen LogP contribution in [0, 0.1) is 0 Å². The standard InChI is InChI=1S/C20H21NO6/c1-26-15-7-3-13(4-8-15)6-10-19(24)21-16(20(25)27-2)11-14-5-9-17(22)18(23)12-14/h3-10,12,16,22-23H,11H2,1-2H3,(H,21,24). The molecule has 27 heavy (non-hydrogen) atoms. The van der Waals surface area contributed by atoms with Gasteiger partial charge in [-0.25, -0.2) is 4.79 Å². The van der Waals surface area contributed by atoms with Crippen molar-refractivity contribution in [2.75, 3.05) is 14.2 Å². The maximum Gasteiger partial charge on any atom is 0.328 e. The zero-order valence-corrected chi connectivity index (χ0v) is 15.0.